The molecule has 2 aromatic rings. The molecule has 1 aromatic heterocycles. The number of rotatable bonds is 1. The zero-order valence-electron chi connectivity index (χ0n) is 14.6. The predicted octanol–water partition coefficient (Wildman–Crippen LogP) is 4.54. The molecule has 2 rings (SSSR count). The van der Waals surface area contributed by atoms with E-state index >= 15 is 0 Å². The predicted molar refractivity (Wildman–Crippen MR) is 94.2 cm³/mol. The summed E-state index contributed by atoms with van der Waals surface area (Å²) in [5.74, 6) is -0.586. The molecule has 0 fully saturated rings. The van der Waals surface area contributed by atoms with Gasteiger partial charge in [-0.05, 0) is 59.7 Å². The fraction of sp³-hybridized carbons (Fsp3) is 0.471. The normalized spacial score (nSPS) is 12.3. The van der Waals surface area contributed by atoms with Crippen molar-refractivity contribution in [3.8, 4) is 0 Å². The maximum Gasteiger partial charge on any atom is 0.435 e. The molecular weight excluding hydrogens is 376 g/mol. The number of ether oxygens (including phenoxy) is 2. The molecule has 0 spiro atoms. The number of halogens is 1. The lowest BCUT2D eigenvalue weighted by Crippen LogP contribution is -2.28. The molecule has 0 bridgehead atoms. The molecule has 24 heavy (non-hydrogen) atoms. The van der Waals surface area contributed by atoms with Crippen LogP contribution >= 0.6 is 15.9 Å². The summed E-state index contributed by atoms with van der Waals surface area (Å²) in [6.45, 7) is 10.6. The molecule has 7 heteroatoms. The molecule has 0 radical (unpaired) electrons. The number of aromatic nitrogens is 2. The van der Waals surface area contributed by atoms with Crippen molar-refractivity contribution in [2.24, 2.45) is 0 Å². The van der Waals surface area contributed by atoms with Gasteiger partial charge in [0.15, 0.2) is 5.69 Å². The van der Waals surface area contributed by atoms with Gasteiger partial charge in [0.2, 0.25) is 0 Å². The van der Waals surface area contributed by atoms with Gasteiger partial charge in [-0.2, -0.15) is 9.78 Å². The number of hydrogen-bond acceptors (Lipinski definition) is 5. The van der Waals surface area contributed by atoms with Crippen molar-refractivity contribution in [1.29, 1.82) is 0 Å². The SMILES string of the molecule is CC(C)(C)OC(=O)c1nn(C(=O)OC(C)(C)C)c2cc(Br)ccc12. The van der Waals surface area contributed by atoms with E-state index in [-0.39, 0.29) is 5.69 Å². The van der Waals surface area contributed by atoms with E-state index in [9.17, 15) is 9.59 Å². The summed E-state index contributed by atoms with van der Waals surface area (Å²) < 4.78 is 12.6. The fourth-order valence-electron chi connectivity index (χ4n) is 2.01. The summed E-state index contributed by atoms with van der Waals surface area (Å²) in [7, 11) is 0. The summed E-state index contributed by atoms with van der Waals surface area (Å²) in [4.78, 5) is 24.8. The Bertz CT molecular complexity index is 797. The van der Waals surface area contributed by atoms with E-state index in [0.29, 0.717) is 10.9 Å². The van der Waals surface area contributed by atoms with Crippen LogP contribution in [0.5, 0.6) is 0 Å². The van der Waals surface area contributed by atoms with Gasteiger partial charge in [0, 0.05) is 9.86 Å². The molecule has 6 nitrogen and oxygen atoms in total. The van der Waals surface area contributed by atoms with Gasteiger partial charge < -0.3 is 9.47 Å². The number of hydrogen-bond donors (Lipinski definition) is 0. The van der Waals surface area contributed by atoms with Crippen LogP contribution in [-0.2, 0) is 9.47 Å². The maximum atomic E-state index is 12.4. The van der Waals surface area contributed by atoms with Crippen LogP contribution in [0.2, 0.25) is 0 Å². The highest BCUT2D eigenvalue weighted by molar-refractivity contribution is 9.10. The first-order valence-electron chi connectivity index (χ1n) is 7.52. The molecule has 1 aromatic carbocycles. The standard InChI is InChI=1S/C17H21BrN2O4/c1-16(2,3)23-14(21)13-11-8-7-10(18)9-12(11)20(19-13)15(22)24-17(4,5)6/h7-9H,1-6H3. The zero-order chi connectivity index (χ0) is 18.3. The molecule has 0 atom stereocenters. The Kier molecular flexibility index (Phi) is 4.77. The first-order chi connectivity index (χ1) is 10.9. The highest BCUT2D eigenvalue weighted by Crippen LogP contribution is 2.25. The van der Waals surface area contributed by atoms with Gasteiger partial charge in [0.25, 0.3) is 0 Å². The van der Waals surface area contributed by atoms with Gasteiger partial charge in [-0.15, -0.1) is 0 Å². The molecular formula is C17H21BrN2O4. The fourth-order valence-corrected chi connectivity index (χ4v) is 2.36. The molecule has 0 saturated carbocycles. The Labute approximate surface area is 149 Å². The van der Waals surface area contributed by atoms with Crippen molar-refractivity contribution in [3.05, 3.63) is 28.4 Å². The van der Waals surface area contributed by atoms with Crippen molar-refractivity contribution in [2.45, 2.75) is 52.7 Å². The van der Waals surface area contributed by atoms with Gasteiger partial charge in [-0.1, -0.05) is 15.9 Å². The second-order valence-electron chi connectivity index (χ2n) is 7.40. The number of esters is 1. The van der Waals surface area contributed by atoms with E-state index in [4.69, 9.17) is 9.47 Å². The van der Waals surface area contributed by atoms with Crippen molar-refractivity contribution >= 4 is 38.9 Å². The molecule has 0 saturated heterocycles. The highest BCUT2D eigenvalue weighted by Gasteiger charge is 2.27. The molecule has 0 aliphatic carbocycles. The first kappa shape index (κ1) is 18.4. The topological polar surface area (TPSA) is 70.4 Å². The molecule has 0 unspecified atom stereocenters. The summed E-state index contributed by atoms with van der Waals surface area (Å²) in [6, 6.07) is 5.20. The molecule has 1 heterocycles. The summed E-state index contributed by atoms with van der Waals surface area (Å²) in [5.41, 5.74) is -0.778. The van der Waals surface area contributed by atoms with Crippen molar-refractivity contribution in [2.75, 3.05) is 0 Å². The van der Waals surface area contributed by atoms with Crippen molar-refractivity contribution < 1.29 is 19.1 Å². The van der Waals surface area contributed by atoms with Crippen molar-refractivity contribution in [3.63, 3.8) is 0 Å². The minimum absolute atomic E-state index is 0.0817. The third-order valence-electron chi connectivity index (χ3n) is 2.80. The minimum atomic E-state index is -0.673. The van der Waals surface area contributed by atoms with E-state index < -0.39 is 23.3 Å². The lowest BCUT2D eigenvalue weighted by atomic mass is 10.2. The van der Waals surface area contributed by atoms with Crippen LogP contribution in [0.1, 0.15) is 52.0 Å². The summed E-state index contributed by atoms with van der Waals surface area (Å²) in [6.07, 6.45) is -0.652. The smallest absolute Gasteiger partial charge is 0.435 e. The Morgan fingerprint density at radius 2 is 1.62 bits per heavy atom. The average molecular weight is 397 g/mol. The number of benzene rings is 1. The first-order valence-corrected chi connectivity index (χ1v) is 8.32. The van der Waals surface area contributed by atoms with E-state index in [1.165, 1.54) is 0 Å². The van der Waals surface area contributed by atoms with Crippen LogP contribution < -0.4 is 0 Å². The van der Waals surface area contributed by atoms with Gasteiger partial charge in [-0.25, -0.2) is 9.59 Å². The van der Waals surface area contributed by atoms with Gasteiger partial charge in [0.05, 0.1) is 5.52 Å². The lowest BCUT2D eigenvalue weighted by Gasteiger charge is -2.19. The molecule has 0 aliphatic rings. The van der Waals surface area contributed by atoms with Crippen LogP contribution in [0.3, 0.4) is 0 Å². The van der Waals surface area contributed by atoms with Gasteiger partial charge in [0.1, 0.15) is 11.2 Å². The van der Waals surface area contributed by atoms with E-state index in [1.54, 1.807) is 59.7 Å². The third kappa shape index (κ3) is 4.35. The Morgan fingerprint density at radius 1 is 1.04 bits per heavy atom. The number of carbonyl (C=O) groups excluding carboxylic acids is 2. The third-order valence-corrected chi connectivity index (χ3v) is 3.30. The number of nitrogens with zero attached hydrogens (tertiary/aromatic N) is 2. The van der Waals surface area contributed by atoms with Crippen LogP contribution in [0.25, 0.3) is 10.9 Å². The molecule has 130 valence electrons. The van der Waals surface area contributed by atoms with Gasteiger partial charge >= 0.3 is 12.1 Å². The van der Waals surface area contributed by atoms with Crippen LogP contribution in [0, 0.1) is 0 Å². The Morgan fingerprint density at radius 3 is 2.17 bits per heavy atom. The second kappa shape index (κ2) is 6.20. The maximum absolute atomic E-state index is 12.4. The Balaban J connectivity index is 2.55. The second-order valence-corrected chi connectivity index (χ2v) is 8.32. The van der Waals surface area contributed by atoms with Crippen LogP contribution in [0.4, 0.5) is 4.79 Å². The van der Waals surface area contributed by atoms with E-state index in [2.05, 4.69) is 21.0 Å². The number of fused-ring (bicyclic) bond motifs is 1. The minimum Gasteiger partial charge on any atom is -0.455 e. The monoisotopic (exact) mass is 396 g/mol. The molecule has 0 aliphatic heterocycles. The highest BCUT2D eigenvalue weighted by atomic mass is 79.9. The van der Waals surface area contributed by atoms with Crippen LogP contribution in [0.15, 0.2) is 22.7 Å². The van der Waals surface area contributed by atoms with E-state index in [1.807, 2.05) is 0 Å². The van der Waals surface area contributed by atoms with Crippen LogP contribution in [-0.4, -0.2) is 33.0 Å². The number of carbonyl (C=O) groups is 2. The lowest BCUT2D eigenvalue weighted by molar-refractivity contribution is 0.00643. The van der Waals surface area contributed by atoms with E-state index in [0.717, 1.165) is 9.15 Å². The molecule has 0 N–H and O–H groups in total. The summed E-state index contributed by atoms with van der Waals surface area (Å²) >= 11 is 3.36. The summed E-state index contributed by atoms with van der Waals surface area (Å²) in [5, 5.41) is 4.67. The quantitative estimate of drug-likeness (QED) is 0.661. The van der Waals surface area contributed by atoms with Crippen molar-refractivity contribution in [1.82, 2.24) is 9.78 Å². The Hall–Kier alpha value is -1.89. The van der Waals surface area contributed by atoms with Gasteiger partial charge in [-0.3, -0.25) is 0 Å². The average Bonchev–Trinajstić information content (AvgIpc) is 2.73. The largest absolute Gasteiger partial charge is 0.455 e. The zero-order valence-corrected chi connectivity index (χ0v) is 16.2. The molecule has 0 amide bonds.